The number of anilines is 1. The summed E-state index contributed by atoms with van der Waals surface area (Å²) in [7, 11) is 0. The number of halogens is 1. The van der Waals surface area contributed by atoms with Crippen molar-refractivity contribution in [2.24, 2.45) is 0 Å². The summed E-state index contributed by atoms with van der Waals surface area (Å²) >= 11 is 5.73. The van der Waals surface area contributed by atoms with Gasteiger partial charge in [0.2, 0.25) is 5.76 Å². The molecule has 0 radical (unpaired) electrons. The highest BCUT2D eigenvalue weighted by Crippen LogP contribution is 2.17. The molecular weight excluding hydrogens is 242 g/mol. The van der Waals surface area contributed by atoms with Crippen LogP contribution >= 0.6 is 11.6 Å². The Hall–Kier alpha value is -1.88. The van der Waals surface area contributed by atoms with Crippen LogP contribution in [0.4, 0.5) is 5.69 Å². The first-order chi connectivity index (χ1) is 8.08. The zero-order valence-corrected chi connectivity index (χ0v) is 10.1. The summed E-state index contributed by atoms with van der Waals surface area (Å²) in [5.41, 5.74) is 1.92. The lowest BCUT2D eigenvalue weighted by molar-refractivity contribution is 0.0987. The molecule has 6 heteroatoms. The predicted molar refractivity (Wildman–Crippen MR) is 63.2 cm³/mol. The summed E-state index contributed by atoms with van der Waals surface area (Å²) in [6, 6.07) is 3.30. The van der Waals surface area contributed by atoms with Gasteiger partial charge in [-0.1, -0.05) is 16.8 Å². The van der Waals surface area contributed by atoms with Crippen LogP contribution in [0.3, 0.4) is 0 Å². The van der Waals surface area contributed by atoms with Crippen molar-refractivity contribution in [2.45, 2.75) is 13.8 Å². The SMILES string of the molecule is Cc1cnoc1C(=O)Nc1ccc(Cl)nc1C. The number of amides is 1. The summed E-state index contributed by atoms with van der Waals surface area (Å²) in [6.45, 7) is 3.51. The Morgan fingerprint density at radius 2 is 2.18 bits per heavy atom. The van der Waals surface area contributed by atoms with E-state index < -0.39 is 0 Å². The van der Waals surface area contributed by atoms with Gasteiger partial charge in [-0.15, -0.1) is 0 Å². The number of nitrogens with one attached hydrogen (secondary N) is 1. The Bertz CT molecular complexity index is 566. The Balaban J connectivity index is 2.22. The van der Waals surface area contributed by atoms with Crippen molar-refractivity contribution in [3.63, 3.8) is 0 Å². The third-order valence-electron chi connectivity index (χ3n) is 2.25. The second-order valence-corrected chi connectivity index (χ2v) is 3.95. The molecule has 5 nitrogen and oxygen atoms in total. The number of aryl methyl sites for hydroxylation is 2. The molecule has 17 heavy (non-hydrogen) atoms. The topological polar surface area (TPSA) is 68.0 Å². The lowest BCUT2D eigenvalue weighted by Crippen LogP contribution is -2.13. The molecule has 0 bridgehead atoms. The monoisotopic (exact) mass is 251 g/mol. The lowest BCUT2D eigenvalue weighted by atomic mass is 10.2. The minimum atomic E-state index is -0.354. The number of rotatable bonds is 2. The number of nitrogens with zero attached hydrogens (tertiary/aromatic N) is 2. The first-order valence-electron chi connectivity index (χ1n) is 4.93. The zero-order valence-electron chi connectivity index (χ0n) is 9.32. The van der Waals surface area contributed by atoms with Gasteiger partial charge in [0.1, 0.15) is 5.15 Å². The van der Waals surface area contributed by atoms with Gasteiger partial charge >= 0.3 is 0 Å². The quantitative estimate of drug-likeness (QED) is 0.833. The van der Waals surface area contributed by atoms with E-state index >= 15 is 0 Å². The van der Waals surface area contributed by atoms with Crippen LogP contribution in [0.5, 0.6) is 0 Å². The van der Waals surface area contributed by atoms with Crippen LogP contribution < -0.4 is 5.32 Å². The average Bonchev–Trinajstić information content (AvgIpc) is 2.68. The number of hydrogen-bond acceptors (Lipinski definition) is 4. The van der Waals surface area contributed by atoms with Gasteiger partial charge in [-0.05, 0) is 26.0 Å². The molecule has 0 spiro atoms. The van der Waals surface area contributed by atoms with Crippen LogP contribution in [-0.2, 0) is 0 Å². The minimum absolute atomic E-state index is 0.194. The van der Waals surface area contributed by atoms with E-state index in [4.69, 9.17) is 16.1 Å². The molecule has 1 N–H and O–H groups in total. The van der Waals surface area contributed by atoms with Gasteiger partial charge in [0.05, 0.1) is 17.6 Å². The molecule has 0 unspecified atom stereocenters. The normalized spacial score (nSPS) is 10.3. The van der Waals surface area contributed by atoms with Crippen molar-refractivity contribution >= 4 is 23.2 Å². The maximum atomic E-state index is 11.8. The summed E-state index contributed by atoms with van der Waals surface area (Å²) in [4.78, 5) is 15.9. The predicted octanol–water partition coefficient (Wildman–Crippen LogP) is 2.59. The van der Waals surface area contributed by atoms with Crippen molar-refractivity contribution in [1.82, 2.24) is 10.1 Å². The highest BCUT2D eigenvalue weighted by Gasteiger charge is 2.15. The zero-order chi connectivity index (χ0) is 12.4. The van der Waals surface area contributed by atoms with Crippen LogP contribution in [0.25, 0.3) is 0 Å². The first kappa shape index (κ1) is 11.6. The van der Waals surface area contributed by atoms with E-state index in [2.05, 4.69) is 15.5 Å². The molecule has 2 heterocycles. The third kappa shape index (κ3) is 2.45. The molecule has 0 saturated heterocycles. The standard InChI is InChI=1S/C11H10ClN3O2/c1-6-5-13-17-10(6)11(16)15-8-3-4-9(12)14-7(8)2/h3-5H,1-2H3,(H,15,16). The number of aromatic nitrogens is 2. The van der Waals surface area contributed by atoms with Gasteiger partial charge in [-0.2, -0.15) is 0 Å². The van der Waals surface area contributed by atoms with Crippen LogP contribution in [0.15, 0.2) is 22.9 Å². The molecular formula is C11H10ClN3O2. The third-order valence-corrected chi connectivity index (χ3v) is 2.47. The molecule has 0 aromatic carbocycles. The highest BCUT2D eigenvalue weighted by molar-refractivity contribution is 6.29. The highest BCUT2D eigenvalue weighted by atomic mass is 35.5. The van der Waals surface area contributed by atoms with E-state index in [-0.39, 0.29) is 11.7 Å². The van der Waals surface area contributed by atoms with E-state index in [9.17, 15) is 4.79 Å². The smallest absolute Gasteiger partial charge is 0.294 e. The van der Waals surface area contributed by atoms with E-state index in [0.717, 1.165) is 0 Å². The molecule has 0 saturated carbocycles. The largest absolute Gasteiger partial charge is 0.351 e. The molecule has 0 aliphatic rings. The van der Waals surface area contributed by atoms with Gasteiger partial charge in [0.25, 0.3) is 5.91 Å². The molecule has 2 aromatic rings. The van der Waals surface area contributed by atoms with Crippen molar-refractivity contribution in [1.29, 1.82) is 0 Å². The Morgan fingerprint density at radius 1 is 1.41 bits per heavy atom. The minimum Gasteiger partial charge on any atom is -0.351 e. The molecule has 88 valence electrons. The summed E-state index contributed by atoms with van der Waals surface area (Å²) in [6.07, 6.45) is 1.49. The van der Waals surface area contributed by atoms with Crippen molar-refractivity contribution in [2.75, 3.05) is 5.32 Å². The van der Waals surface area contributed by atoms with Crippen LogP contribution in [-0.4, -0.2) is 16.0 Å². The lowest BCUT2D eigenvalue weighted by Gasteiger charge is -2.06. The Morgan fingerprint density at radius 3 is 2.76 bits per heavy atom. The molecule has 1 amide bonds. The maximum absolute atomic E-state index is 11.8. The second-order valence-electron chi connectivity index (χ2n) is 3.56. The van der Waals surface area contributed by atoms with Gasteiger partial charge in [0.15, 0.2) is 0 Å². The summed E-state index contributed by atoms with van der Waals surface area (Å²) < 4.78 is 4.85. The van der Waals surface area contributed by atoms with E-state index in [1.165, 1.54) is 6.20 Å². The maximum Gasteiger partial charge on any atom is 0.294 e. The first-order valence-corrected chi connectivity index (χ1v) is 5.31. The van der Waals surface area contributed by atoms with Crippen LogP contribution in [0.1, 0.15) is 21.8 Å². The fraction of sp³-hybridized carbons (Fsp3) is 0.182. The average molecular weight is 252 g/mol. The van der Waals surface area contributed by atoms with Crippen molar-refractivity contribution in [3.05, 3.63) is 40.5 Å². The summed E-state index contributed by atoms with van der Waals surface area (Å²) in [5, 5.41) is 6.62. The van der Waals surface area contributed by atoms with Crippen LogP contribution in [0.2, 0.25) is 5.15 Å². The van der Waals surface area contributed by atoms with Gasteiger partial charge in [-0.25, -0.2) is 4.98 Å². The number of pyridine rings is 1. The number of hydrogen-bond donors (Lipinski definition) is 1. The van der Waals surface area contributed by atoms with Crippen molar-refractivity contribution in [3.8, 4) is 0 Å². The fourth-order valence-electron chi connectivity index (χ4n) is 1.35. The molecule has 2 aromatic heterocycles. The van der Waals surface area contributed by atoms with Gasteiger partial charge in [-0.3, -0.25) is 4.79 Å². The second kappa shape index (κ2) is 4.55. The molecule has 0 aliphatic carbocycles. The summed E-state index contributed by atoms with van der Waals surface area (Å²) in [5.74, 6) is -0.161. The fourth-order valence-corrected chi connectivity index (χ4v) is 1.54. The molecule has 0 atom stereocenters. The van der Waals surface area contributed by atoms with E-state index in [1.54, 1.807) is 26.0 Å². The molecule has 0 fully saturated rings. The molecule has 0 aliphatic heterocycles. The number of carbonyl (C=O) groups is 1. The Labute approximate surface area is 103 Å². The van der Waals surface area contributed by atoms with Crippen molar-refractivity contribution < 1.29 is 9.32 Å². The molecule has 2 rings (SSSR count). The van der Waals surface area contributed by atoms with E-state index in [1.807, 2.05) is 0 Å². The van der Waals surface area contributed by atoms with Crippen LogP contribution in [0, 0.1) is 13.8 Å². The van der Waals surface area contributed by atoms with Gasteiger partial charge in [0, 0.05) is 5.56 Å². The number of carbonyl (C=O) groups excluding carboxylic acids is 1. The van der Waals surface area contributed by atoms with E-state index in [0.29, 0.717) is 22.1 Å². The Kier molecular flexibility index (Phi) is 3.10. The van der Waals surface area contributed by atoms with Gasteiger partial charge < -0.3 is 9.84 Å².